The van der Waals surface area contributed by atoms with Crippen LogP contribution in [0.5, 0.6) is 0 Å². The molecule has 18 heavy (non-hydrogen) atoms. The number of carboxylic acids is 1. The number of carboxylic acid groups (broad SMARTS) is 1. The molecule has 0 amide bonds. The SMILES string of the molecule is C#CC(C)(C)NS(=O)(=O)c1ccc(CC(=O)O)s1. The first kappa shape index (κ1) is 14.7. The topological polar surface area (TPSA) is 83.5 Å². The van der Waals surface area contributed by atoms with Gasteiger partial charge in [0, 0.05) is 4.88 Å². The second-order valence-electron chi connectivity index (χ2n) is 4.17. The molecule has 98 valence electrons. The van der Waals surface area contributed by atoms with Crippen molar-refractivity contribution in [3.05, 3.63) is 17.0 Å². The van der Waals surface area contributed by atoms with Gasteiger partial charge in [-0.25, -0.2) is 8.42 Å². The summed E-state index contributed by atoms with van der Waals surface area (Å²) in [5.41, 5.74) is -0.990. The molecular weight excluding hydrogens is 274 g/mol. The number of hydrogen-bond donors (Lipinski definition) is 2. The zero-order chi connectivity index (χ0) is 14.0. The molecule has 2 N–H and O–H groups in total. The minimum absolute atomic E-state index is 0.0575. The molecule has 7 heteroatoms. The molecule has 0 aliphatic heterocycles. The molecule has 0 fully saturated rings. The standard InChI is InChI=1S/C11H13NO4S2/c1-4-11(2,3)12-18(15,16)10-6-5-8(17-10)7-9(13)14/h1,5-6,12H,7H2,2-3H3,(H,13,14). The van der Waals surface area contributed by atoms with Gasteiger partial charge in [-0.2, -0.15) is 4.72 Å². The van der Waals surface area contributed by atoms with E-state index in [1.165, 1.54) is 12.1 Å². The third-order valence-electron chi connectivity index (χ3n) is 1.98. The van der Waals surface area contributed by atoms with Crippen LogP contribution in [0.3, 0.4) is 0 Å². The van der Waals surface area contributed by atoms with Crippen molar-refractivity contribution in [2.75, 3.05) is 0 Å². The third-order valence-corrected chi connectivity index (χ3v) is 5.21. The predicted octanol–water partition coefficient (Wildman–Crippen LogP) is 1.07. The molecule has 0 aliphatic rings. The molecule has 1 aromatic heterocycles. The lowest BCUT2D eigenvalue weighted by atomic mass is 10.1. The molecule has 0 aliphatic carbocycles. The Morgan fingerprint density at radius 1 is 1.56 bits per heavy atom. The van der Waals surface area contributed by atoms with Gasteiger partial charge in [0.2, 0.25) is 0 Å². The summed E-state index contributed by atoms with van der Waals surface area (Å²) < 4.78 is 26.3. The van der Waals surface area contributed by atoms with Crippen molar-refractivity contribution in [1.82, 2.24) is 4.72 Å². The summed E-state index contributed by atoms with van der Waals surface area (Å²) >= 11 is 0.919. The van der Waals surface area contributed by atoms with Gasteiger partial charge in [-0.15, -0.1) is 17.8 Å². The summed E-state index contributed by atoms with van der Waals surface area (Å²) in [7, 11) is -3.71. The van der Waals surface area contributed by atoms with Crippen LogP contribution in [0.15, 0.2) is 16.3 Å². The first-order chi connectivity index (χ1) is 8.16. The maximum atomic E-state index is 12.0. The monoisotopic (exact) mass is 287 g/mol. The zero-order valence-corrected chi connectivity index (χ0v) is 11.6. The van der Waals surface area contributed by atoms with Crippen LogP contribution in [0.25, 0.3) is 0 Å². The molecule has 1 heterocycles. The van der Waals surface area contributed by atoms with Gasteiger partial charge in [-0.05, 0) is 26.0 Å². The van der Waals surface area contributed by atoms with Gasteiger partial charge >= 0.3 is 5.97 Å². The highest BCUT2D eigenvalue weighted by atomic mass is 32.2. The van der Waals surface area contributed by atoms with Crippen LogP contribution in [0, 0.1) is 12.3 Å². The van der Waals surface area contributed by atoms with Crippen LogP contribution in [-0.4, -0.2) is 25.0 Å². The number of hydrogen-bond acceptors (Lipinski definition) is 4. The lowest BCUT2D eigenvalue weighted by Gasteiger charge is -2.18. The van der Waals surface area contributed by atoms with Gasteiger partial charge in [-0.3, -0.25) is 4.79 Å². The molecule has 0 unspecified atom stereocenters. The Morgan fingerprint density at radius 3 is 2.67 bits per heavy atom. The van der Waals surface area contributed by atoms with E-state index in [1.807, 2.05) is 0 Å². The Bertz CT molecular complexity index is 593. The Hall–Kier alpha value is -1.36. The lowest BCUT2D eigenvalue weighted by molar-refractivity contribution is -0.136. The highest BCUT2D eigenvalue weighted by Gasteiger charge is 2.25. The zero-order valence-electron chi connectivity index (χ0n) is 9.93. The van der Waals surface area contributed by atoms with Crippen LogP contribution in [0.1, 0.15) is 18.7 Å². The van der Waals surface area contributed by atoms with Crippen molar-refractivity contribution in [2.45, 2.75) is 30.0 Å². The van der Waals surface area contributed by atoms with E-state index in [-0.39, 0.29) is 10.6 Å². The molecule has 0 atom stereocenters. The molecule has 5 nitrogen and oxygen atoms in total. The molecule has 0 bridgehead atoms. The van der Waals surface area contributed by atoms with E-state index in [0.29, 0.717) is 4.88 Å². The van der Waals surface area contributed by atoms with E-state index >= 15 is 0 Å². The van der Waals surface area contributed by atoms with Gasteiger partial charge < -0.3 is 5.11 Å². The maximum absolute atomic E-state index is 12.0. The fraction of sp³-hybridized carbons (Fsp3) is 0.364. The molecule has 0 spiro atoms. The Morgan fingerprint density at radius 2 is 2.17 bits per heavy atom. The van der Waals surface area contributed by atoms with Crippen molar-refractivity contribution in [3.63, 3.8) is 0 Å². The first-order valence-corrected chi connectivity index (χ1v) is 7.28. The van der Waals surface area contributed by atoms with E-state index in [4.69, 9.17) is 11.5 Å². The second kappa shape index (κ2) is 5.10. The Kier molecular flexibility index (Phi) is 4.16. The van der Waals surface area contributed by atoms with E-state index in [1.54, 1.807) is 13.8 Å². The number of rotatable bonds is 5. The minimum atomic E-state index is -3.71. The maximum Gasteiger partial charge on any atom is 0.308 e. The summed E-state index contributed by atoms with van der Waals surface area (Å²) in [6, 6.07) is 2.86. The van der Waals surface area contributed by atoms with Crippen molar-refractivity contribution in [1.29, 1.82) is 0 Å². The molecular formula is C11H13NO4S2. The number of terminal acetylenes is 1. The molecule has 0 radical (unpaired) electrons. The van der Waals surface area contributed by atoms with Crippen molar-refractivity contribution in [3.8, 4) is 12.3 Å². The van der Waals surface area contributed by atoms with Gasteiger partial charge in [-0.1, -0.05) is 5.92 Å². The van der Waals surface area contributed by atoms with Crippen LogP contribution in [0.2, 0.25) is 0 Å². The van der Waals surface area contributed by atoms with Crippen LogP contribution < -0.4 is 4.72 Å². The van der Waals surface area contributed by atoms with Gasteiger partial charge in [0.15, 0.2) is 0 Å². The lowest BCUT2D eigenvalue weighted by Crippen LogP contribution is -2.41. The molecule has 0 saturated carbocycles. The van der Waals surface area contributed by atoms with E-state index < -0.39 is 21.5 Å². The van der Waals surface area contributed by atoms with E-state index in [2.05, 4.69) is 10.6 Å². The fourth-order valence-electron chi connectivity index (χ4n) is 1.16. The summed E-state index contributed by atoms with van der Waals surface area (Å²) in [4.78, 5) is 11.0. The average molecular weight is 287 g/mol. The highest BCUT2D eigenvalue weighted by molar-refractivity contribution is 7.91. The fourth-order valence-corrected chi connectivity index (χ4v) is 3.85. The Balaban J connectivity index is 2.97. The number of thiophene rings is 1. The van der Waals surface area contributed by atoms with Crippen LogP contribution in [0.4, 0.5) is 0 Å². The average Bonchev–Trinajstić information content (AvgIpc) is 2.64. The molecule has 0 aromatic carbocycles. The number of nitrogens with one attached hydrogen (secondary N) is 1. The van der Waals surface area contributed by atoms with Crippen molar-refractivity contribution < 1.29 is 18.3 Å². The quantitative estimate of drug-likeness (QED) is 0.793. The summed E-state index contributed by atoms with van der Waals surface area (Å²) in [6.45, 7) is 3.13. The smallest absolute Gasteiger partial charge is 0.308 e. The van der Waals surface area contributed by atoms with Crippen LogP contribution >= 0.6 is 11.3 Å². The molecule has 0 saturated heterocycles. The number of sulfonamides is 1. The number of carbonyl (C=O) groups is 1. The molecule has 1 aromatic rings. The predicted molar refractivity (Wildman–Crippen MR) is 68.9 cm³/mol. The van der Waals surface area contributed by atoms with E-state index in [0.717, 1.165) is 11.3 Å². The van der Waals surface area contributed by atoms with Gasteiger partial charge in [0.25, 0.3) is 10.0 Å². The first-order valence-electron chi connectivity index (χ1n) is 4.98. The normalized spacial score (nSPS) is 12.1. The van der Waals surface area contributed by atoms with E-state index in [9.17, 15) is 13.2 Å². The Labute approximate surface area is 110 Å². The third kappa shape index (κ3) is 3.84. The highest BCUT2D eigenvalue weighted by Crippen LogP contribution is 2.23. The molecule has 1 rings (SSSR count). The number of aliphatic carboxylic acids is 1. The van der Waals surface area contributed by atoms with Crippen molar-refractivity contribution in [2.24, 2.45) is 0 Å². The van der Waals surface area contributed by atoms with Crippen LogP contribution in [-0.2, 0) is 21.2 Å². The summed E-state index contributed by atoms with van der Waals surface area (Å²) in [5, 5.41) is 8.62. The van der Waals surface area contributed by atoms with Gasteiger partial charge in [0.1, 0.15) is 4.21 Å². The summed E-state index contributed by atoms with van der Waals surface area (Å²) in [5.74, 6) is 1.32. The van der Waals surface area contributed by atoms with Gasteiger partial charge in [0.05, 0.1) is 12.0 Å². The largest absolute Gasteiger partial charge is 0.481 e. The minimum Gasteiger partial charge on any atom is -0.481 e. The summed E-state index contributed by atoms with van der Waals surface area (Å²) in [6.07, 6.45) is 5.02. The van der Waals surface area contributed by atoms with Crippen molar-refractivity contribution >= 4 is 27.3 Å². The second-order valence-corrected chi connectivity index (χ2v) is 7.24.